The molecule has 0 aliphatic carbocycles. The number of ether oxygens (including phenoxy) is 1. The number of rotatable bonds is 7. The van der Waals surface area contributed by atoms with E-state index >= 15 is 0 Å². The standard InChI is InChI=1S/C27H30N2O5S/c1-17-10-12-23(13-11-17)29(6)35(32,33)24-9-7-8-22(16-24)27(31)34-21(5)26(30)28-25-19(3)14-18(2)15-20(25)4/h7-16,21H,1-6H3,(H,28,30). The number of hydrogen-bond acceptors (Lipinski definition) is 5. The van der Waals surface area contributed by atoms with Gasteiger partial charge in [-0.1, -0.05) is 41.5 Å². The molecule has 0 spiro atoms. The number of aryl methyl sites for hydroxylation is 4. The Kier molecular flexibility index (Phi) is 7.65. The number of amides is 1. The second kappa shape index (κ2) is 10.3. The molecule has 8 heteroatoms. The van der Waals surface area contributed by atoms with Gasteiger partial charge in [-0.3, -0.25) is 9.10 Å². The van der Waals surface area contributed by atoms with E-state index in [1.54, 1.807) is 12.1 Å². The Morgan fingerprint density at radius 3 is 2.09 bits per heavy atom. The van der Waals surface area contributed by atoms with Gasteiger partial charge in [0.2, 0.25) is 0 Å². The number of nitrogens with zero attached hydrogens (tertiary/aromatic N) is 1. The van der Waals surface area contributed by atoms with Crippen LogP contribution in [-0.4, -0.2) is 33.4 Å². The lowest BCUT2D eigenvalue weighted by Gasteiger charge is -2.20. The summed E-state index contributed by atoms with van der Waals surface area (Å²) in [6.07, 6.45) is -1.09. The fourth-order valence-electron chi connectivity index (χ4n) is 3.72. The molecule has 0 radical (unpaired) electrons. The molecule has 0 aliphatic heterocycles. The average molecular weight is 495 g/mol. The molecule has 0 bridgehead atoms. The van der Waals surface area contributed by atoms with Gasteiger partial charge >= 0.3 is 5.97 Å². The van der Waals surface area contributed by atoms with Crippen molar-refractivity contribution in [1.82, 2.24) is 0 Å². The molecule has 0 fully saturated rings. The van der Waals surface area contributed by atoms with Gasteiger partial charge in [0.05, 0.1) is 16.1 Å². The van der Waals surface area contributed by atoms with Crippen molar-refractivity contribution in [3.05, 3.63) is 88.5 Å². The van der Waals surface area contributed by atoms with E-state index in [0.29, 0.717) is 11.4 Å². The van der Waals surface area contributed by atoms with Crippen LogP contribution in [0, 0.1) is 27.7 Å². The fourth-order valence-corrected chi connectivity index (χ4v) is 4.96. The molecule has 0 heterocycles. The number of benzene rings is 3. The minimum absolute atomic E-state index is 0.0331. The van der Waals surface area contributed by atoms with Crippen molar-refractivity contribution in [1.29, 1.82) is 0 Å². The van der Waals surface area contributed by atoms with Crippen molar-refractivity contribution < 1.29 is 22.7 Å². The van der Waals surface area contributed by atoms with Crippen molar-refractivity contribution in [2.75, 3.05) is 16.7 Å². The normalized spacial score (nSPS) is 12.1. The zero-order valence-corrected chi connectivity index (χ0v) is 21.6. The van der Waals surface area contributed by atoms with Crippen molar-refractivity contribution >= 4 is 33.3 Å². The fraction of sp³-hybridized carbons (Fsp3) is 0.259. The number of esters is 1. The molecule has 7 nitrogen and oxygen atoms in total. The van der Waals surface area contributed by atoms with E-state index in [-0.39, 0.29) is 10.5 Å². The molecule has 35 heavy (non-hydrogen) atoms. The monoisotopic (exact) mass is 494 g/mol. The molecule has 0 saturated carbocycles. The van der Waals surface area contributed by atoms with E-state index in [0.717, 1.165) is 26.6 Å². The minimum Gasteiger partial charge on any atom is -0.449 e. The topological polar surface area (TPSA) is 92.8 Å². The lowest BCUT2D eigenvalue weighted by molar-refractivity contribution is -0.123. The number of nitrogens with one attached hydrogen (secondary N) is 1. The maximum Gasteiger partial charge on any atom is 0.338 e. The SMILES string of the molecule is Cc1ccc(N(C)S(=O)(=O)c2cccc(C(=O)OC(C)C(=O)Nc3c(C)cc(C)cc3C)c2)cc1. The molecule has 0 aliphatic rings. The van der Waals surface area contributed by atoms with Gasteiger partial charge < -0.3 is 10.1 Å². The Labute approximate surface area is 206 Å². The van der Waals surface area contributed by atoms with E-state index in [1.165, 1.54) is 38.2 Å². The number of anilines is 2. The Hall–Kier alpha value is -3.65. The van der Waals surface area contributed by atoms with Gasteiger partial charge in [-0.2, -0.15) is 0 Å². The minimum atomic E-state index is -3.91. The van der Waals surface area contributed by atoms with E-state index in [1.807, 2.05) is 52.0 Å². The quantitative estimate of drug-likeness (QED) is 0.470. The largest absolute Gasteiger partial charge is 0.449 e. The van der Waals surface area contributed by atoms with Gasteiger partial charge in [0.25, 0.3) is 15.9 Å². The van der Waals surface area contributed by atoms with Crippen LogP contribution in [0.5, 0.6) is 0 Å². The Morgan fingerprint density at radius 2 is 1.49 bits per heavy atom. The predicted molar refractivity (Wildman–Crippen MR) is 137 cm³/mol. The van der Waals surface area contributed by atoms with Crippen molar-refractivity contribution in [3.8, 4) is 0 Å². The van der Waals surface area contributed by atoms with Crippen LogP contribution in [0.1, 0.15) is 39.5 Å². The summed E-state index contributed by atoms with van der Waals surface area (Å²) in [6.45, 7) is 9.15. The van der Waals surface area contributed by atoms with Gasteiger partial charge in [-0.15, -0.1) is 0 Å². The molecular weight excluding hydrogens is 464 g/mol. The summed E-state index contributed by atoms with van der Waals surface area (Å²) < 4.78 is 32.7. The predicted octanol–water partition coefficient (Wildman–Crippen LogP) is 4.93. The zero-order valence-electron chi connectivity index (χ0n) is 20.7. The highest BCUT2D eigenvalue weighted by Crippen LogP contribution is 2.24. The highest BCUT2D eigenvalue weighted by atomic mass is 32.2. The lowest BCUT2D eigenvalue weighted by atomic mass is 10.0. The molecule has 0 saturated heterocycles. The summed E-state index contributed by atoms with van der Waals surface area (Å²) in [4.78, 5) is 25.4. The smallest absolute Gasteiger partial charge is 0.338 e. The third-order valence-corrected chi connectivity index (χ3v) is 7.49. The molecule has 1 N–H and O–H groups in total. The molecular formula is C27H30N2O5S. The number of sulfonamides is 1. The Morgan fingerprint density at radius 1 is 0.886 bits per heavy atom. The molecule has 3 aromatic carbocycles. The van der Waals surface area contributed by atoms with E-state index in [4.69, 9.17) is 4.74 Å². The van der Waals surface area contributed by atoms with Gasteiger partial charge in [-0.05, 0) is 76.1 Å². The number of carbonyl (C=O) groups excluding carboxylic acids is 2. The molecule has 1 amide bonds. The van der Waals surface area contributed by atoms with Crippen LogP contribution in [0.2, 0.25) is 0 Å². The third-order valence-electron chi connectivity index (χ3n) is 5.70. The number of hydrogen-bond donors (Lipinski definition) is 1. The Bertz CT molecular complexity index is 1340. The van der Waals surface area contributed by atoms with E-state index < -0.39 is 28.0 Å². The van der Waals surface area contributed by atoms with Crippen LogP contribution in [0.4, 0.5) is 11.4 Å². The van der Waals surface area contributed by atoms with Crippen molar-refractivity contribution in [3.63, 3.8) is 0 Å². The molecule has 1 unspecified atom stereocenters. The highest BCUT2D eigenvalue weighted by Gasteiger charge is 2.24. The third kappa shape index (κ3) is 5.89. The molecule has 1 atom stereocenters. The van der Waals surface area contributed by atoms with E-state index in [2.05, 4.69) is 5.32 Å². The van der Waals surface area contributed by atoms with Gasteiger partial charge in [-0.25, -0.2) is 13.2 Å². The summed E-state index contributed by atoms with van der Waals surface area (Å²) >= 11 is 0. The van der Waals surface area contributed by atoms with Crippen LogP contribution in [0.3, 0.4) is 0 Å². The van der Waals surface area contributed by atoms with Gasteiger partial charge in [0.1, 0.15) is 0 Å². The first-order valence-corrected chi connectivity index (χ1v) is 12.6. The summed E-state index contributed by atoms with van der Waals surface area (Å²) in [5.74, 6) is -1.27. The zero-order chi connectivity index (χ0) is 25.9. The summed E-state index contributed by atoms with van der Waals surface area (Å²) in [6, 6.07) is 16.6. The van der Waals surface area contributed by atoms with Gasteiger partial charge in [0.15, 0.2) is 6.10 Å². The van der Waals surface area contributed by atoms with Crippen LogP contribution in [0.25, 0.3) is 0 Å². The van der Waals surface area contributed by atoms with Crippen molar-refractivity contribution in [2.24, 2.45) is 0 Å². The maximum atomic E-state index is 13.1. The first kappa shape index (κ1) is 26.0. The van der Waals surface area contributed by atoms with Crippen LogP contribution in [0.15, 0.2) is 65.6 Å². The van der Waals surface area contributed by atoms with Gasteiger partial charge in [0, 0.05) is 12.7 Å². The van der Waals surface area contributed by atoms with Crippen LogP contribution < -0.4 is 9.62 Å². The van der Waals surface area contributed by atoms with E-state index in [9.17, 15) is 18.0 Å². The second-order valence-corrected chi connectivity index (χ2v) is 10.6. The second-order valence-electron chi connectivity index (χ2n) is 8.65. The highest BCUT2D eigenvalue weighted by molar-refractivity contribution is 7.92. The Balaban J connectivity index is 1.75. The molecule has 0 aromatic heterocycles. The molecule has 3 aromatic rings. The summed E-state index contributed by atoms with van der Waals surface area (Å²) in [7, 11) is -2.46. The van der Waals surface area contributed by atoms with Crippen LogP contribution in [-0.2, 0) is 19.6 Å². The average Bonchev–Trinajstić information content (AvgIpc) is 2.81. The number of carbonyl (C=O) groups is 2. The summed E-state index contributed by atoms with van der Waals surface area (Å²) in [5.41, 5.74) is 5.11. The lowest BCUT2D eigenvalue weighted by Crippen LogP contribution is -2.30. The van der Waals surface area contributed by atoms with Crippen molar-refractivity contribution in [2.45, 2.75) is 45.6 Å². The first-order valence-electron chi connectivity index (χ1n) is 11.2. The first-order chi connectivity index (χ1) is 16.4. The molecule has 184 valence electrons. The maximum absolute atomic E-state index is 13.1. The summed E-state index contributed by atoms with van der Waals surface area (Å²) in [5, 5.41) is 2.82. The molecule has 3 rings (SSSR count). The van der Waals surface area contributed by atoms with Crippen LogP contribution >= 0.6 is 0 Å².